The van der Waals surface area contributed by atoms with Crippen LogP contribution in [-0.4, -0.2) is 38.5 Å². The molecule has 2 aromatic rings. The van der Waals surface area contributed by atoms with Crippen LogP contribution in [0.2, 0.25) is 0 Å². The molecule has 0 spiro atoms. The van der Waals surface area contributed by atoms with Gasteiger partial charge < -0.3 is 14.2 Å². The van der Waals surface area contributed by atoms with Gasteiger partial charge in [-0.05, 0) is 48.5 Å². The van der Waals surface area contributed by atoms with E-state index in [-0.39, 0.29) is 18.8 Å². The molecule has 6 nitrogen and oxygen atoms in total. The summed E-state index contributed by atoms with van der Waals surface area (Å²) in [5, 5.41) is 0. The van der Waals surface area contributed by atoms with Crippen molar-refractivity contribution in [3.05, 3.63) is 65.2 Å². The van der Waals surface area contributed by atoms with Crippen molar-refractivity contribution < 1.29 is 28.6 Å². The highest BCUT2D eigenvalue weighted by molar-refractivity contribution is 5.96. The average molecular weight is 342 g/mol. The standard InChI is InChI=1S/C19H18O6/c1-23-16-9-7-13(8-10-16)17(20)11-12-25-19(22)15-5-3-14(4-6-15)18(21)24-2/h3-10H,11-12H2,1-2H3. The van der Waals surface area contributed by atoms with Crippen molar-refractivity contribution in [2.75, 3.05) is 20.8 Å². The maximum Gasteiger partial charge on any atom is 0.338 e. The smallest absolute Gasteiger partial charge is 0.338 e. The van der Waals surface area contributed by atoms with Crippen LogP contribution in [0.3, 0.4) is 0 Å². The number of ether oxygens (including phenoxy) is 3. The number of carbonyl (C=O) groups is 3. The number of methoxy groups -OCH3 is 2. The molecule has 0 heterocycles. The predicted octanol–water partition coefficient (Wildman–Crippen LogP) is 2.91. The lowest BCUT2D eigenvalue weighted by Gasteiger charge is -2.06. The van der Waals surface area contributed by atoms with E-state index in [0.717, 1.165) is 0 Å². The van der Waals surface area contributed by atoms with Crippen LogP contribution in [0.25, 0.3) is 0 Å². The highest BCUT2D eigenvalue weighted by Crippen LogP contribution is 2.13. The Morgan fingerprint density at radius 2 is 1.28 bits per heavy atom. The van der Waals surface area contributed by atoms with Crippen molar-refractivity contribution >= 4 is 17.7 Å². The zero-order valence-corrected chi connectivity index (χ0v) is 14.0. The first kappa shape index (κ1) is 18.2. The second-order valence-corrected chi connectivity index (χ2v) is 5.11. The van der Waals surface area contributed by atoms with E-state index in [1.165, 1.54) is 31.4 Å². The lowest BCUT2D eigenvalue weighted by Crippen LogP contribution is -2.11. The van der Waals surface area contributed by atoms with Crippen LogP contribution in [0.1, 0.15) is 37.5 Å². The van der Waals surface area contributed by atoms with Crippen molar-refractivity contribution in [1.29, 1.82) is 0 Å². The molecule has 0 amide bonds. The van der Waals surface area contributed by atoms with Crippen molar-refractivity contribution in [1.82, 2.24) is 0 Å². The van der Waals surface area contributed by atoms with E-state index >= 15 is 0 Å². The Morgan fingerprint density at radius 3 is 1.80 bits per heavy atom. The predicted molar refractivity (Wildman–Crippen MR) is 90.0 cm³/mol. The number of benzene rings is 2. The van der Waals surface area contributed by atoms with Crippen molar-refractivity contribution in [2.45, 2.75) is 6.42 Å². The van der Waals surface area contributed by atoms with E-state index < -0.39 is 11.9 Å². The molecule has 2 rings (SSSR count). The van der Waals surface area contributed by atoms with Gasteiger partial charge in [0.2, 0.25) is 0 Å². The van der Waals surface area contributed by atoms with Gasteiger partial charge in [0.05, 0.1) is 32.0 Å². The highest BCUT2D eigenvalue weighted by atomic mass is 16.5. The molecule has 0 aromatic heterocycles. The highest BCUT2D eigenvalue weighted by Gasteiger charge is 2.12. The second-order valence-electron chi connectivity index (χ2n) is 5.11. The van der Waals surface area contributed by atoms with Crippen LogP contribution in [0, 0.1) is 0 Å². The Labute approximate surface area is 145 Å². The first-order valence-electron chi connectivity index (χ1n) is 7.58. The van der Waals surface area contributed by atoms with Gasteiger partial charge in [0, 0.05) is 12.0 Å². The summed E-state index contributed by atoms with van der Waals surface area (Å²) in [4.78, 5) is 35.3. The fourth-order valence-corrected chi connectivity index (χ4v) is 2.10. The molecule has 130 valence electrons. The van der Waals surface area contributed by atoms with Crippen LogP contribution < -0.4 is 4.74 Å². The molecular formula is C19H18O6. The van der Waals surface area contributed by atoms with E-state index in [2.05, 4.69) is 4.74 Å². The van der Waals surface area contributed by atoms with Crippen LogP contribution in [0.5, 0.6) is 5.75 Å². The van der Waals surface area contributed by atoms with Gasteiger partial charge in [0.25, 0.3) is 0 Å². The topological polar surface area (TPSA) is 78.9 Å². The third-order valence-electron chi connectivity index (χ3n) is 3.52. The molecule has 0 bridgehead atoms. The lowest BCUT2D eigenvalue weighted by molar-refractivity contribution is 0.0494. The average Bonchev–Trinajstić information content (AvgIpc) is 2.67. The van der Waals surface area contributed by atoms with E-state index in [1.54, 1.807) is 31.4 Å². The molecule has 2 aromatic carbocycles. The second kappa shape index (κ2) is 8.63. The van der Waals surface area contributed by atoms with E-state index in [0.29, 0.717) is 22.4 Å². The summed E-state index contributed by atoms with van der Waals surface area (Å²) in [6, 6.07) is 12.6. The largest absolute Gasteiger partial charge is 0.497 e. The van der Waals surface area contributed by atoms with Gasteiger partial charge >= 0.3 is 11.9 Å². The molecule has 0 aliphatic rings. The summed E-state index contributed by atoms with van der Waals surface area (Å²) < 4.78 is 14.7. The van der Waals surface area contributed by atoms with Gasteiger partial charge in [-0.2, -0.15) is 0 Å². The third kappa shape index (κ3) is 4.91. The molecule has 25 heavy (non-hydrogen) atoms. The van der Waals surface area contributed by atoms with Gasteiger partial charge in [-0.3, -0.25) is 4.79 Å². The number of hydrogen-bond acceptors (Lipinski definition) is 6. The molecule has 0 aliphatic carbocycles. The molecule has 0 unspecified atom stereocenters. The number of esters is 2. The molecule has 0 N–H and O–H groups in total. The summed E-state index contributed by atoms with van der Waals surface area (Å²) in [7, 11) is 2.83. The van der Waals surface area contributed by atoms with Crippen LogP contribution in [0.15, 0.2) is 48.5 Å². The first-order chi connectivity index (χ1) is 12.0. The Bertz CT molecular complexity index is 746. The lowest BCUT2D eigenvalue weighted by atomic mass is 10.1. The molecule has 0 fully saturated rings. The SMILES string of the molecule is COC(=O)c1ccc(C(=O)OCCC(=O)c2ccc(OC)cc2)cc1. The van der Waals surface area contributed by atoms with E-state index in [1.807, 2.05) is 0 Å². The van der Waals surface area contributed by atoms with Gasteiger partial charge in [-0.15, -0.1) is 0 Å². The molecular weight excluding hydrogens is 324 g/mol. The zero-order chi connectivity index (χ0) is 18.2. The molecule has 0 atom stereocenters. The first-order valence-corrected chi connectivity index (χ1v) is 7.58. The number of carbonyl (C=O) groups excluding carboxylic acids is 3. The Hall–Kier alpha value is -3.15. The molecule has 6 heteroatoms. The Morgan fingerprint density at radius 1 is 0.760 bits per heavy atom. The Kier molecular flexibility index (Phi) is 6.28. The van der Waals surface area contributed by atoms with Gasteiger partial charge in [-0.25, -0.2) is 9.59 Å². The van der Waals surface area contributed by atoms with Crippen molar-refractivity contribution in [3.8, 4) is 5.75 Å². The molecule has 0 aliphatic heterocycles. The minimum absolute atomic E-state index is 0.0253. The van der Waals surface area contributed by atoms with Gasteiger partial charge in [-0.1, -0.05) is 0 Å². The number of hydrogen-bond donors (Lipinski definition) is 0. The summed E-state index contributed by atoms with van der Waals surface area (Å²) >= 11 is 0. The summed E-state index contributed by atoms with van der Waals surface area (Å²) in [5.41, 5.74) is 1.16. The van der Waals surface area contributed by atoms with Crippen molar-refractivity contribution in [3.63, 3.8) is 0 Å². The molecule has 0 saturated carbocycles. The fraction of sp³-hybridized carbons (Fsp3) is 0.211. The number of ketones is 1. The number of Topliss-reactive ketones (excluding diaryl/α,β-unsaturated/α-hetero) is 1. The van der Waals surface area contributed by atoms with E-state index in [4.69, 9.17) is 9.47 Å². The monoisotopic (exact) mass is 342 g/mol. The summed E-state index contributed by atoms with van der Waals surface area (Å²) in [5.74, 6) is -0.501. The number of rotatable bonds is 7. The van der Waals surface area contributed by atoms with Gasteiger partial charge in [0.1, 0.15) is 5.75 Å². The van der Waals surface area contributed by atoms with Crippen LogP contribution in [-0.2, 0) is 9.47 Å². The van der Waals surface area contributed by atoms with Crippen LogP contribution in [0.4, 0.5) is 0 Å². The third-order valence-corrected chi connectivity index (χ3v) is 3.52. The zero-order valence-electron chi connectivity index (χ0n) is 14.0. The Balaban J connectivity index is 1.85. The van der Waals surface area contributed by atoms with Crippen molar-refractivity contribution in [2.24, 2.45) is 0 Å². The molecule has 0 radical (unpaired) electrons. The van der Waals surface area contributed by atoms with E-state index in [9.17, 15) is 14.4 Å². The quantitative estimate of drug-likeness (QED) is 0.569. The minimum Gasteiger partial charge on any atom is -0.497 e. The summed E-state index contributed by atoms with van der Waals surface area (Å²) in [6.45, 7) is -0.0253. The minimum atomic E-state index is -0.557. The normalized spacial score (nSPS) is 10.0. The fourth-order valence-electron chi connectivity index (χ4n) is 2.10. The maximum absolute atomic E-state index is 12.0. The molecule has 0 saturated heterocycles. The van der Waals surface area contributed by atoms with Crippen LogP contribution >= 0.6 is 0 Å². The maximum atomic E-state index is 12.0. The summed E-state index contributed by atoms with van der Waals surface area (Å²) in [6.07, 6.45) is 0.0817. The van der Waals surface area contributed by atoms with Gasteiger partial charge in [0.15, 0.2) is 5.78 Å².